The number of carbonyl (C=O) groups is 1. The standard InChI is InChI=1S/C22H20Cl2NO5P/c1-16(22(26)28-15-17-8-4-2-5-9-17)25-31(27,29-19-10-6-3-7-11-19)30-21-13-12-18(23)14-20(21)24/h2-14,16H,15H2,1H3,(H,25,27)/t16-,31?/m0/s1. The highest BCUT2D eigenvalue weighted by molar-refractivity contribution is 7.52. The van der Waals surface area contributed by atoms with E-state index in [1.54, 1.807) is 30.3 Å². The molecule has 1 unspecified atom stereocenters. The molecule has 2 atom stereocenters. The molecular formula is C22H20Cl2NO5P. The third kappa shape index (κ3) is 7.01. The highest BCUT2D eigenvalue weighted by Crippen LogP contribution is 2.47. The van der Waals surface area contributed by atoms with Crippen LogP contribution in [0.2, 0.25) is 10.0 Å². The second-order valence-corrected chi connectivity index (χ2v) is 8.97. The number of hydrogen-bond donors (Lipinski definition) is 1. The van der Waals surface area contributed by atoms with Gasteiger partial charge in [0.05, 0.1) is 5.02 Å². The summed E-state index contributed by atoms with van der Waals surface area (Å²) >= 11 is 12.1. The van der Waals surface area contributed by atoms with E-state index in [9.17, 15) is 9.36 Å². The Bertz CT molecular complexity index is 1070. The fraction of sp³-hybridized carbons (Fsp3) is 0.136. The maximum Gasteiger partial charge on any atom is 0.513 e. The minimum Gasteiger partial charge on any atom is -0.460 e. The number of benzene rings is 3. The zero-order chi connectivity index (χ0) is 22.3. The van der Waals surface area contributed by atoms with Crippen LogP contribution < -0.4 is 14.1 Å². The minimum absolute atomic E-state index is 0.0827. The number of halogens is 2. The molecule has 0 saturated carbocycles. The molecule has 3 aromatic carbocycles. The van der Waals surface area contributed by atoms with Gasteiger partial charge in [0.2, 0.25) is 0 Å². The molecule has 31 heavy (non-hydrogen) atoms. The van der Waals surface area contributed by atoms with Crippen LogP contribution in [-0.4, -0.2) is 12.0 Å². The van der Waals surface area contributed by atoms with Crippen molar-refractivity contribution in [1.29, 1.82) is 0 Å². The fourth-order valence-corrected chi connectivity index (χ4v) is 4.55. The highest BCUT2D eigenvalue weighted by Gasteiger charge is 2.34. The Morgan fingerprint density at radius 2 is 1.61 bits per heavy atom. The number of esters is 1. The first-order valence-corrected chi connectivity index (χ1v) is 11.6. The van der Waals surface area contributed by atoms with E-state index in [1.807, 2.05) is 30.3 Å². The van der Waals surface area contributed by atoms with E-state index >= 15 is 0 Å². The molecule has 0 spiro atoms. The summed E-state index contributed by atoms with van der Waals surface area (Å²) < 4.78 is 30.0. The van der Waals surface area contributed by atoms with Crippen LogP contribution in [-0.2, 0) is 20.7 Å². The molecule has 3 aromatic rings. The number of ether oxygens (including phenoxy) is 1. The first kappa shape index (κ1) is 23.2. The molecule has 0 heterocycles. The highest BCUT2D eigenvalue weighted by atomic mass is 35.5. The van der Waals surface area contributed by atoms with Crippen molar-refractivity contribution in [1.82, 2.24) is 5.09 Å². The van der Waals surface area contributed by atoms with Gasteiger partial charge >= 0.3 is 13.7 Å². The molecule has 0 amide bonds. The Kier molecular flexibility index (Phi) is 7.99. The molecule has 0 aromatic heterocycles. The van der Waals surface area contributed by atoms with Crippen molar-refractivity contribution in [2.24, 2.45) is 0 Å². The van der Waals surface area contributed by atoms with Gasteiger partial charge in [-0.05, 0) is 42.8 Å². The van der Waals surface area contributed by atoms with Crippen molar-refractivity contribution >= 4 is 36.9 Å². The second kappa shape index (κ2) is 10.7. The lowest BCUT2D eigenvalue weighted by Gasteiger charge is -2.23. The summed E-state index contributed by atoms with van der Waals surface area (Å²) in [6, 6.07) is 21.1. The average molecular weight is 480 g/mol. The number of para-hydroxylation sites is 1. The molecule has 0 radical (unpaired) electrons. The summed E-state index contributed by atoms with van der Waals surface area (Å²) in [5.41, 5.74) is 0.830. The summed E-state index contributed by atoms with van der Waals surface area (Å²) in [5.74, 6) is -0.248. The van der Waals surface area contributed by atoms with Crippen LogP contribution in [0.3, 0.4) is 0 Å². The fourth-order valence-electron chi connectivity index (χ4n) is 2.51. The lowest BCUT2D eigenvalue weighted by atomic mass is 10.2. The maximum absolute atomic E-state index is 13.5. The normalized spacial score (nSPS) is 13.6. The van der Waals surface area contributed by atoms with Gasteiger partial charge in [0.15, 0.2) is 0 Å². The number of hydrogen-bond acceptors (Lipinski definition) is 5. The Balaban J connectivity index is 1.75. The molecule has 0 bridgehead atoms. The van der Waals surface area contributed by atoms with Crippen molar-refractivity contribution in [2.75, 3.05) is 0 Å². The van der Waals surface area contributed by atoms with Gasteiger partial charge in [-0.15, -0.1) is 0 Å². The van der Waals surface area contributed by atoms with Gasteiger partial charge in [0.1, 0.15) is 24.1 Å². The molecule has 0 aliphatic rings. The van der Waals surface area contributed by atoms with Crippen LogP contribution in [0, 0.1) is 0 Å². The molecule has 9 heteroatoms. The molecule has 3 rings (SSSR count). The first-order valence-electron chi connectivity index (χ1n) is 9.32. The summed E-state index contributed by atoms with van der Waals surface area (Å²) in [4.78, 5) is 12.5. The van der Waals surface area contributed by atoms with Gasteiger partial charge in [0.25, 0.3) is 0 Å². The Labute approximate surface area is 190 Å². The third-order valence-electron chi connectivity index (χ3n) is 4.01. The van der Waals surface area contributed by atoms with E-state index in [-0.39, 0.29) is 23.1 Å². The summed E-state index contributed by atoms with van der Waals surface area (Å²) in [6.07, 6.45) is 0. The minimum atomic E-state index is -4.09. The van der Waals surface area contributed by atoms with Crippen LogP contribution in [0.4, 0.5) is 0 Å². The van der Waals surface area contributed by atoms with Crippen LogP contribution in [0.25, 0.3) is 0 Å². The second-order valence-electron chi connectivity index (χ2n) is 6.51. The number of nitrogens with one attached hydrogen (secondary N) is 1. The molecule has 162 valence electrons. The van der Waals surface area contributed by atoms with Gasteiger partial charge in [-0.2, -0.15) is 5.09 Å². The smallest absolute Gasteiger partial charge is 0.460 e. The number of carbonyl (C=O) groups excluding carboxylic acids is 1. The third-order valence-corrected chi connectivity index (χ3v) is 6.13. The summed E-state index contributed by atoms with van der Waals surface area (Å²) in [6.45, 7) is 1.58. The van der Waals surface area contributed by atoms with Crippen LogP contribution >= 0.6 is 30.9 Å². The lowest BCUT2D eigenvalue weighted by Crippen LogP contribution is -2.35. The van der Waals surface area contributed by atoms with Crippen LogP contribution in [0.1, 0.15) is 12.5 Å². The van der Waals surface area contributed by atoms with Crippen LogP contribution in [0.15, 0.2) is 78.9 Å². The topological polar surface area (TPSA) is 73.9 Å². The molecule has 0 fully saturated rings. The van der Waals surface area contributed by atoms with Gasteiger partial charge < -0.3 is 13.8 Å². The number of rotatable bonds is 9. The summed E-state index contributed by atoms with van der Waals surface area (Å²) in [7, 11) is -4.09. The van der Waals surface area contributed by atoms with E-state index in [4.69, 9.17) is 37.0 Å². The SMILES string of the molecule is C[C@H](NP(=O)(Oc1ccccc1)Oc1ccc(Cl)cc1Cl)C(=O)OCc1ccccc1. The van der Waals surface area contributed by atoms with Crippen molar-refractivity contribution in [2.45, 2.75) is 19.6 Å². The largest absolute Gasteiger partial charge is 0.513 e. The van der Waals surface area contributed by atoms with E-state index in [1.165, 1.54) is 25.1 Å². The van der Waals surface area contributed by atoms with E-state index < -0.39 is 19.8 Å². The van der Waals surface area contributed by atoms with E-state index in [2.05, 4.69) is 5.09 Å². The average Bonchev–Trinajstić information content (AvgIpc) is 2.75. The van der Waals surface area contributed by atoms with E-state index in [0.29, 0.717) is 5.02 Å². The van der Waals surface area contributed by atoms with Crippen molar-refractivity contribution in [3.8, 4) is 11.5 Å². The van der Waals surface area contributed by atoms with Gasteiger partial charge in [-0.25, -0.2) is 4.57 Å². The lowest BCUT2D eigenvalue weighted by molar-refractivity contribution is -0.146. The van der Waals surface area contributed by atoms with Crippen molar-refractivity contribution in [3.05, 3.63) is 94.5 Å². The Morgan fingerprint density at radius 1 is 0.968 bits per heavy atom. The molecule has 6 nitrogen and oxygen atoms in total. The Morgan fingerprint density at radius 3 is 2.26 bits per heavy atom. The van der Waals surface area contributed by atoms with Gasteiger partial charge in [0, 0.05) is 5.02 Å². The molecule has 1 N–H and O–H groups in total. The molecular weight excluding hydrogens is 460 g/mol. The molecule has 0 aliphatic heterocycles. The van der Waals surface area contributed by atoms with Gasteiger partial charge in [-0.3, -0.25) is 4.79 Å². The Hall–Kier alpha value is -2.50. The van der Waals surface area contributed by atoms with Crippen molar-refractivity contribution < 1.29 is 23.1 Å². The zero-order valence-corrected chi connectivity index (χ0v) is 18.9. The van der Waals surface area contributed by atoms with Gasteiger partial charge in [-0.1, -0.05) is 71.7 Å². The predicted octanol–water partition coefficient (Wildman–Crippen LogP) is 6.28. The maximum atomic E-state index is 13.5. The molecule has 0 aliphatic carbocycles. The summed E-state index contributed by atoms with van der Waals surface area (Å²) in [5, 5.41) is 3.15. The predicted molar refractivity (Wildman–Crippen MR) is 121 cm³/mol. The molecule has 0 saturated heterocycles. The zero-order valence-electron chi connectivity index (χ0n) is 16.5. The first-order chi connectivity index (χ1) is 14.8. The quantitative estimate of drug-likeness (QED) is 0.287. The van der Waals surface area contributed by atoms with E-state index in [0.717, 1.165) is 5.56 Å². The van der Waals surface area contributed by atoms with Crippen molar-refractivity contribution in [3.63, 3.8) is 0 Å². The monoisotopic (exact) mass is 479 g/mol. The van der Waals surface area contributed by atoms with Crippen LogP contribution in [0.5, 0.6) is 11.5 Å².